The molecule has 0 spiro atoms. The van der Waals surface area contributed by atoms with Crippen LogP contribution >= 0.6 is 11.6 Å². The van der Waals surface area contributed by atoms with Gasteiger partial charge in [0.2, 0.25) is 10.0 Å². The minimum atomic E-state index is -4.73. The zero-order chi connectivity index (χ0) is 16.3. The van der Waals surface area contributed by atoms with Crippen LogP contribution in [0.2, 0.25) is 0 Å². The topological polar surface area (TPSA) is 37.4 Å². The zero-order valence-corrected chi connectivity index (χ0v) is 12.0. The number of benzene rings is 1. The van der Waals surface area contributed by atoms with Crippen molar-refractivity contribution in [3.8, 4) is 0 Å². The molecule has 0 aromatic heterocycles. The van der Waals surface area contributed by atoms with Crippen LogP contribution in [0.1, 0.15) is 5.56 Å². The minimum absolute atomic E-state index is 0.259. The van der Waals surface area contributed by atoms with Crippen molar-refractivity contribution in [2.45, 2.75) is 17.5 Å². The molecule has 0 saturated heterocycles. The molecule has 0 unspecified atom stereocenters. The Morgan fingerprint density at radius 2 is 1.86 bits per heavy atom. The van der Waals surface area contributed by atoms with Crippen molar-refractivity contribution in [2.24, 2.45) is 0 Å². The Labute approximate surface area is 123 Å². The molecule has 1 rings (SSSR count). The third-order valence-corrected chi connectivity index (χ3v) is 4.50. The van der Waals surface area contributed by atoms with Gasteiger partial charge in [-0.3, -0.25) is 0 Å². The minimum Gasteiger partial charge on any atom is -0.209 e. The summed E-state index contributed by atoms with van der Waals surface area (Å²) in [6.45, 7) is -1.56. The molecule has 0 bridgehead atoms. The Hall–Kier alpha value is -0.930. The monoisotopic (exact) mass is 351 g/mol. The lowest BCUT2D eigenvalue weighted by Gasteiger charge is -2.21. The second kappa shape index (κ2) is 6.89. The van der Waals surface area contributed by atoms with Crippen molar-refractivity contribution >= 4 is 21.6 Å². The molecule has 3 nitrogen and oxygen atoms in total. The number of halogens is 6. The van der Waals surface area contributed by atoms with Crippen molar-refractivity contribution < 1.29 is 30.4 Å². The molecule has 21 heavy (non-hydrogen) atoms. The molecule has 0 radical (unpaired) electrons. The van der Waals surface area contributed by atoms with Crippen LogP contribution in [0, 0.1) is 0 Å². The first kappa shape index (κ1) is 18.1. The van der Waals surface area contributed by atoms with Gasteiger partial charge in [-0.2, -0.15) is 17.5 Å². The van der Waals surface area contributed by atoms with Gasteiger partial charge in [0.15, 0.2) is 0 Å². The molecule has 10 heteroatoms. The fourth-order valence-corrected chi connectivity index (χ4v) is 3.31. The molecule has 0 saturated carbocycles. The lowest BCUT2D eigenvalue weighted by Crippen LogP contribution is -2.36. The van der Waals surface area contributed by atoms with Gasteiger partial charge in [-0.15, -0.1) is 11.6 Å². The molecule has 1 aromatic rings. The highest BCUT2D eigenvalue weighted by Gasteiger charge is 2.33. The quantitative estimate of drug-likeness (QED) is 0.583. The van der Waals surface area contributed by atoms with E-state index < -0.39 is 46.2 Å². The Kier molecular flexibility index (Phi) is 5.94. The van der Waals surface area contributed by atoms with Crippen LogP contribution in [-0.2, 0) is 16.2 Å². The fraction of sp³-hybridized carbons (Fsp3) is 0.455. The smallest absolute Gasteiger partial charge is 0.209 e. The number of sulfonamides is 1. The summed E-state index contributed by atoms with van der Waals surface area (Å²) in [5.74, 6) is -0.259. The van der Waals surface area contributed by atoms with E-state index >= 15 is 0 Å². The molecule has 0 atom stereocenters. The molecule has 0 aliphatic heterocycles. The highest BCUT2D eigenvalue weighted by Crippen LogP contribution is 2.31. The maximum absolute atomic E-state index is 12.6. The fourth-order valence-electron chi connectivity index (χ4n) is 1.54. The number of hydrogen-bond acceptors (Lipinski definition) is 2. The van der Waals surface area contributed by atoms with E-state index in [1.165, 1.54) is 0 Å². The normalized spacial score (nSPS) is 13.1. The van der Waals surface area contributed by atoms with E-state index in [9.17, 15) is 30.4 Å². The summed E-state index contributed by atoms with van der Waals surface area (Å²) in [4.78, 5) is -0.705. The molecule has 0 N–H and O–H groups in total. The van der Waals surface area contributed by atoms with Crippen molar-refractivity contribution in [1.82, 2.24) is 4.31 Å². The molecule has 0 heterocycles. The van der Waals surface area contributed by atoms with Gasteiger partial charge in [0.25, 0.3) is 6.43 Å². The first-order valence-electron chi connectivity index (χ1n) is 5.60. The number of hydrogen-bond donors (Lipinski definition) is 0. The third kappa shape index (κ3) is 4.79. The van der Waals surface area contributed by atoms with Gasteiger partial charge in [0.1, 0.15) is 0 Å². The molecular weight excluding hydrogens is 341 g/mol. The summed E-state index contributed by atoms with van der Waals surface area (Å²) in [7, 11) is -4.47. The average Bonchev–Trinajstić information content (AvgIpc) is 2.37. The van der Waals surface area contributed by atoms with E-state index in [-0.39, 0.29) is 5.88 Å². The van der Waals surface area contributed by atoms with E-state index in [4.69, 9.17) is 11.6 Å². The van der Waals surface area contributed by atoms with Crippen LogP contribution in [-0.4, -0.2) is 38.1 Å². The van der Waals surface area contributed by atoms with Crippen LogP contribution in [0.15, 0.2) is 29.2 Å². The lowest BCUT2D eigenvalue weighted by molar-refractivity contribution is -0.137. The SMILES string of the molecule is O=S(=O)(c1cccc(C(F)(F)F)c1)N(CCCl)CC(F)F. The average molecular weight is 352 g/mol. The first-order valence-corrected chi connectivity index (χ1v) is 7.58. The summed E-state index contributed by atoms with van der Waals surface area (Å²) in [5, 5.41) is 0. The summed E-state index contributed by atoms with van der Waals surface area (Å²) in [6.07, 6.45) is -7.69. The van der Waals surface area contributed by atoms with Crippen LogP contribution < -0.4 is 0 Å². The molecule has 1 aromatic carbocycles. The van der Waals surface area contributed by atoms with Gasteiger partial charge < -0.3 is 0 Å². The zero-order valence-electron chi connectivity index (χ0n) is 10.4. The van der Waals surface area contributed by atoms with Gasteiger partial charge in [-0.05, 0) is 18.2 Å². The summed E-state index contributed by atoms with van der Waals surface area (Å²) in [5.41, 5.74) is -1.17. The predicted octanol–water partition coefficient (Wildman–Crippen LogP) is 3.20. The Balaban J connectivity index is 3.22. The summed E-state index contributed by atoms with van der Waals surface area (Å²) in [6, 6.07) is 2.91. The highest BCUT2D eigenvalue weighted by molar-refractivity contribution is 7.89. The van der Waals surface area contributed by atoms with Crippen LogP contribution in [0.5, 0.6) is 0 Å². The number of rotatable bonds is 6. The van der Waals surface area contributed by atoms with Crippen molar-refractivity contribution in [3.63, 3.8) is 0 Å². The molecule has 0 aliphatic carbocycles. The molecule has 0 aliphatic rings. The van der Waals surface area contributed by atoms with E-state index in [2.05, 4.69) is 0 Å². The first-order chi connectivity index (χ1) is 9.59. The van der Waals surface area contributed by atoms with Crippen molar-refractivity contribution in [2.75, 3.05) is 19.0 Å². The third-order valence-electron chi connectivity index (χ3n) is 2.47. The van der Waals surface area contributed by atoms with Crippen molar-refractivity contribution in [1.29, 1.82) is 0 Å². The maximum Gasteiger partial charge on any atom is 0.416 e. The molecule has 120 valence electrons. The van der Waals surface area contributed by atoms with Gasteiger partial charge in [0, 0.05) is 12.4 Å². The second-order valence-corrected chi connectivity index (χ2v) is 6.28. The predicted molar refractivity (Wildman–Crippen MR) is 66.9 cm³/mol. The van der Waals surface area contributed by atoms with Gasteiger partial charge in [-0.1, -0.05) is 6.07 Å². The maximum atomic E-state index is 12.6. The Morgan fingerprint density at radius 3 is 2.33 bits per heavy atom. The largest absolute Gasteiger partial charge is 0.416 e. The van der Waals surface area contributed by atoms with Crippen molar-refractivity contribution in [3.05, 3.63) is 29.8 Å². The molecular formula is C11H11ClF5NO2S. The standard InChI is InChI=1S/C11H11ClF5NO2S/c12-4-5-18(7-10(13)14)21(19,20)9-3-1-2-8(6-9)11(15,16)17/h1-3,6,10H,4-5,7H2. The van der Waals surface area contributed by atoms with E-state index in [0.717, 1.165) is 12.1 Å². The molecule has 0 fully saturated rings. The van der Waals surface area contributed by atoms with Gasteiger partial charge >= 0.3 is 6.18 Å². The summed E-state index contributed by atoms with van der Waals surface area (Å²) >= 11 is 5.35. The number of alkyl halides is 6. The van der Waals surface area contributed by atoms with E-state index in [1.54, 1.807) is 0 Å². The highest BCUT2D eigenvalue weighted by atomic mass is 35.5. The molecule has 0 amide bonds. The lowest BCUT2D eigenvalue weighted by atomic mass is 10.2. The van der Waals surface area contributed by atoms with E-state index in [0.29, 0.717) is 16.4 Å². The van der Waals surface area contributed by atoms with Gasteiger partial charge in [-0.25, -0.2) is 17.2 Å². The van der Waals surface area contributed by atoms with Crippen LogP contribution in [0.3, 0.4) is 0 Å². The Morgan fingerprint density at radius 1 is 1.24 bits per heavy atom. The second-order valence-electron chi connectivity index (χ2n) is 3.97. The number of nitrogens with zero attached hydrogens (tertiary/aromatic N) is 1. The Bertz CT molecular complexity index is 576. The summed E-state index contributed by atoms with van der Waals surface area (Å²) < 4.78 is 87.1. The van der Waals surface area contributed by atoms with Crippen LogP contribution in [0.25, 0.3) is 0 Å². The van der Waals surface area contributed by atoms with Gasteiger partial charge in [0.05, 0.1) is 17.0 Å². The van der Waals surface area contributed by atoms with E-state index in [1.807, 2.05) is 0 Å². The van der Waals surface area contributed by atoms with Crippen LogP contribution in [0.4, 0.5) is 22.0 Å².